The topological polar surface area (TPSA) is 45.4 Å². The van der Waals surface area contributed by atoms with E-state index in [2.05, 4.69) is 5.32 Å². The van der Waals surface area contributed by atoms with E-state index in [1.165, 1.54) is 0 Å². The predicted molar refractivity (Wildman–Crippen MR) is 50.6 cm³/mol. The first-order valence-corrected chi connectivity index (χ1v) is 4.17. The van der Waals surface area contributed by atoms with Crippen molar-refractivity contribution < 1.29 is 9.52 Å². The highest BCUT2D eigenvalue weighted by atomic mass is 16.4. The third kappa shape index (κ3) is 1.27. The first kappa shape index (κ1) is 8.13. The maximum atomic E-state index is 9.69. The molecule has 1 heterocycles. The van der Waals surface area contributed by atoms with Crippen LogP contribution in [-0.2, 0) is 6.54 Å². The summed E-state index contributed by atoms with van der Waals surface area (Å²) in [4.78, 5) is 0. The minimum Gasteiger partial charge on any atom is -0.504 e. The van der Waals surface area contributed by atoms with Gasteiger partial charge in [0.1, 0.15) is 5.58 Å². The van der Waals surface area contributed by atoms with E-state index in [0.29, 0.717) is 12.3 Å². The van der Waals surface area contributed by atoms with E-state index in [4.69, 9.17) is 4.42 Å². The largest absolute Gasteiger partial charge is 0.504 e. The Hall–Kier alpha value is -1.48. The summed E-state index contributed by atoms with van der Waals surface area (Å²) in [6.45, 7) is 0.542. The Labute approximate surface area is 76.0 Å². The van der Waals surface area contributed by atoms with Crippen molar-refractivity contribution in [3.05, 3.63) is 30.0 Å². The molecular weight excluding hydrogens is 166 g/mol. The molecule has 2 N–H and O–H groups in total. The van der Waals surface area contributed by atoms with Gasteiger partial charge >= 0.3 is 0 Å². The Morgan fingerprint density at radius 1 is 1.38 bits per heavy atom. The molecule has 0 aliphatic carbocycles. The van der Waals surface area contributed by atoms with Crippen LogP contribution in [0.1, 0.15) is 5.76 Å². The number of hydrogen-bond acceptors (Lipinski definition) is 3. The Morgan fingerprint density at radius 2 is 2.15 bits per heavy atom. The lowest BCUT2D eigenvalue weighted by atomic mass is 10.2. The Balaban J connectivity index is 2.60. The van der Waals surface area contributed by atoms with Crippen LogP contribution in [0.25, 0.3) is 11.0 Å². The van der Waals surface area contributed by atoms with Crippen LogP contribution in [0.5, 0.6) is 5.75 Å². The van der Waals surface area contributed by atoms with Crippen LogP contribution in [0.15, 0.2) is 28.7 Å². The fourth-order valence-corrected chi connectivity index (χ4v) is 1.36. The molecular formula is C10H11NO2. The fraction of sp³-hybridized carbons (Fsp3) is 0.200. The van der Waals surface area contributed by atoms with Crippen molar-refractivity contribution >= 4 is 11.0 Å². The Kier molecular flexibility index (Phi) is 1.94. The van der Waals surface area contributed by atoms with Crippen molar-refractivity contribution in [1.29, 1.82) is 0 Å². The summed E-state index contributed by atoms with van der Waals surface area (Å²) in [5.74, 6) is 0.827. The van der Waals surface area contributed by atoms with Gasteiger partial charge in [0.05, 0.1) is 11.9 Å². The number of rotatable bonds is 2. The summed E-state index contributed by atoms with van der Waals surface area (Å²) >= 11 is 0. The van der Waals surface area contributed by atoms with Gasteiger partial charge in [0.25, 0.3) is 0 Å². The van der Waals surface area contributed by atoms with Crippen molar-refractivity contribution in [2.24, 2.45) is 0 Å². The summed E-state index contributed by atoms with van der Waals surface area (Å²) in [5, 5.41) is 13.4. The molecule has 0 aliphatic rings. The minimum atomic E-state index is 0.241. The number of hydrogen-bond donors (Lipinski definition) is 2. The molecule has 13 heavy (non-hydrogen) atoms. The van der Waals surface area contributed by atoms with Gasteiger partial charge in [-0.15, -0.1) is 0 Å². The molecule has 0 bridgehead atoms. The SMILES string of the molecule is CNCc1oc2ccccc2c1O. The lowest BCUT2D eigenvalue weighted by Gasteiger charge is -1.93. The highest BCUT2D eigenvalue weighted by Gasteiger charge is 2.10. The monoisotopic (exact) mass is 177 g/mol. The molecule has 0 atom stereocenters. The highest BCUT2D eigenvalue weighted by Crippen LogP contribution is 2.31. The normalized spacial score (nSPS) is 10.8. The number of fused-ring (bicyclic) bond motifs is 1. The quantitative estimate of drug-likeness (QED) is 0.735. The molecule has 0 saturated heterocycles. The van der Waals surface area contributed by atoms with Gasteiger partial charge < -0.3 is 14.8 Å². The second-order valence-electron chi connectivity index (χ2n) is 2.90. The zero-order valence-electron chi connectivity index (χ0n) is 7.37. The van der Waals surface area contributed by atoms with Crippen molar-refractivity contribution in [1.82, 2.24) is 5.32 Å². The lowest BCUT2D eigenvalue weighted by Crippen LogP contribution is -2.03. The Bertz CT molecular complexity index is 420. The molecule has 68 valence electrons. The van der Waals surface area contributed by atoms with Crippen molar-refractivity contribution in [3.63, 3.8) is 0 Å². The smallest absolute Gasteiger partial charge is 0.166 e. The van der Waals surface area contributed by atoms with E-state index in [1.807, 2.05) is 31.3 Å². The van der Waals surface area contributed by atoms with Gasteiger partial charge in [-0.05, 0) is 19.2 Å². The van der Waals surface area contributed by atoms with Crippen LogP contribution in [0.4, 0.5) is 0 Å². The van der Waals surface area contributed by atoms with E-state index >= 15 is 0 Å². The van der Waals surface area contributed by atoms with Crippen molar-refractivity contribution in [2.45, 2.75) is 6.54 Å². The highest BCUT2D eigenvalue weighted by molar-refractivity contribution is 5.84. The summed E-state index contributed by atoms with van der Waals surface area (Å²) in [7, 11) is 1.81. The minimum absolute atomic E-state index is 0.241. The molecule has 0 fully saturated rings. The number of benzene rings is 1. The third-order valence-electron chi connectivity index (χ3n) is 1.98. The molecule has 1 aromatic carbocycles. The first-order valence-electron chi connectivity index (χ1n) is 4.17. The van der Waals surface area contributed by atoms with E-state index in [1.54, 1.807) is 0 Å². The molecule has 0 spiro atoms. The second kappa shape index (κ2) is 3.11. The Morgan fingerprint density at radius 3 is 2.85 bits per heavy atom. The van der Waals surface area contributed by atoms with Crippen molar-refractivity contribution in [3.8, 4) is 5.75 Å². The average Bonchev–Trinajstić information content (AvgIpc) is 2.46. The molecule has 0 radical (unpaired) electrons. The number of para-hydroxylation sites is 1. The van der Waals surface area contributed by atoms with E-state index in [9.17, 15) is 5.11 Å². The molecule has 3 nitrogen and oxygen atoms in total. The molecule has 0 saturated carbocycles. The average molecular weight is 177 g/mol. The van der Waals surface area contributed by atoms with Gasteiger partial charge in [0.2, 0.25) is 0 Å². The molecule has 1 aromatic heterocycles. The van der Waals surface area contributed by atoms with E-state index < -0.39 is 0 Å². The first-order chi connectivity index (χ1) is 6.33. The third-order valence-corrected chi connectivity index (χ3v) is 1.98. The lowest BCUT2D eigenvalue weighted by molar-refractivity contribution is 0.434. The number of aromatic hydroxyl groups is 1. The number of furan rings is 1. The molecule has 3 heteroatoms. The molecule has 0 aliphatic heterocycles. The fourth-order valence-electron chi connectivity index (χ4n) is 1.36. The summed E-state index contributed by atoms with van der Waals surface area (Å²) in [6.07, 6.45) is 0. The van der Waals surface area contributed by atoms with Crippen LogP contribution in [0.3, 0.4) is 0 Å². The van der Waals surface area contributed by atoms with Crippen molar-refractivity contribution in [2.75, 3.05) is 7.05 Å². The molecule has 2 rings (SSSR count). The number of nitrogens with one attached hydrogen (secondary N) is 1. The van der Waals surface area contributed by atoms with Gasteiger partial charge in [0, 0.05) is 0 Å². The van der Waals surface area contributed by atoms with Crippen LogP contribution >= 0.6 is 0 Å². The summed E-state index contributed by atoms with van der Waals surface area (Å²) in [5.41, 5.74) is 0.727. The van der Waals surface area contributed by atoms with Gasteiger partial charge in [-0.25, -0.2) is 0 Å². The van der Waals surface area contributed by atoms with Gasteiger partial charge in [-0.1, -0.05) is 12.1 Å². The van der Waals surface area contributed by atoms with E-state index in [-0.39, 0.29) is 5.75 Å². The van der Waals surface area contributed by atoms with Crippen LogP contribution in [0.2, 0.25) is 0 Å². The van der Waals surface area contributed by atoms with Gasteiger partial charge in [-0.3, -0.25) is 0 Å². The van der Waals surface area contributed by atoms with Gasteiger partial charge in [0.15, 0.2) is 11.5 Å². The predicted octanol–water partition coefficient (Wildman–Crippen LogP) is 1.86. The molecule has 2 aromatic rings. The zero-order valence-corrected chi connectivity index (χ0v) is 7.37. The van der Waals surface area contributed by atoms with E-state index in [0.717, 1.165) is 11.0 Å². The molecule has 0 amide bonds. The standard InChI is InChI=1S/C10H11NO2/c1-11-6-9-10(12)7-4-2-3-5-8(7)13-9/h2-5,11-12H,6H2,1H3. The second-order valence-corrected chi connectivity index (χ2v) is 2.90. The summed E-state index contributed by atoms with van der Waals surface area (Å²) in [6, 6.07) is 7.44. The maximum absolute atomic E-state index is 9.69. The van der Waals surface area contributed by atoms with Crippen LogP contribution in [-0.4, -0.2) is 12.2 Å². The maximum Gasteiger partial charge on any atom is 0.166 e. The zero-order chi connectivity index (χ0) is 9.26. The van der Waals surface area contributed by atoms with Crippen LogP contribution in [0, 0.1) is 0 Å². The van der Waals surface area contributed by atoms with Gasteiger partial charge in [-0.2, -0.15) is 0 Å². The van der Waals surface area contributed by atoms with Crippen LogP contribution < -0.4 is 5.32 Å². The summed E-state index contributed by atoms with van der Waals surface area (Å²) < 4.78 is 5.43. The molecule has 0 unspecified atom stereocenters.